The fourth-order valence-corrected chi connectivity index (χ4v) is 1.67. The molecule has 80 valence electrons. The number of carbonyl (C=O) groups is 2. The van der Waals surface area contributed by atoms with Crippen molar-refractivity contribution in [2.75, 3.05) is 0 Å². The second-order valence-corrected chi connectivity index (χ2v) is 3.88. The average molecular weight is 272 g/mol. The molecule has 0 heterocycles. The van der Waals surface area contributed by atoms with Gasteiger partial charge in [0.05, 0.1) is 0 Å². The third kappa shape index (κ3) is 3.59. The highest BCUT2D eigenvalue weighted by molar-refractivity contribution is 9.10. The summed E-state index contributed by atoms with van der Waals surface area (Å²) in [6.07, 6.45) is 0. The molecule has 6 heteroatoms. The SMILES string of the molecule is Cc1cc(Br)cc(C(=O)NNC(N)=O)c1. The molecule has 0 bridgehead atoms. The first kappa shape index (κ1) is 11.5. The van der Waals surface area contributed by atoms with Crippen molar-refractivity contribution in [3.8, 4) is 0 Å². The summed E-state index contributed by atoms with van der Waals surface area (Å²) in [5.41, 5.74) is 10.4. The molecule has 0 aliphatic heterocycles. The highest BCUT2D eigenvalue weighted by atomic mass is 79.9. The predicted molar refractivity (Wildman–Crippen MR) is 59.1 cm³/mol. The van der Waals surface area contributed by atoms with Crippen LogP contribution in [0.3, 0.4) is 0 Å². The minimum atomic E-state index is -0.810. The van der Waals surface area contributed by atoms with Crippen molar-refractivity contribution >= 4 is 27.9 Å². The Morgan fingerprint density at radius 2 is 1.93 bits per heavy atom. The van der Waals surface area contributed by atoms with E-state index in [9.17, 15) is 9.59 Å². The molecule has 15 heavy (non-hydrogen) atoms. The fourth-order valence-electron chi connectivity index (χ4n) is 1.06. The van der Waals surface area contributed by atoms with E-state index in [0.717, 1.165) is 10.0 Å². The molecular formula is C9H10BrN3O2. The number of nitrogens with two attached hydrogens (primary N) is 1. The summed E-state index contributed by atoms with van der Waals surface area (Å²) in [5, 5.41) is 0. The maximum absolute atomic E-state index is 11.5. The lowest BCUT2D eigenvalue weighted by molar-refractivity contribution is 0.0937. The molecule has 0 fully saturated rings. The van der Waals surface area contributed by atoms with Gasteiger partial charge in [-0.2, -0.15) is 0 Å². The standard InChI is InChI=1S/C9H10BrN3O2/c1-5-2-6(4-7(10)3-5)8(14)12-13-9(11)15/h2-4H,1H3,(H,12,14)(H3,11,13,15). The van der Waals surface area contributed by atoms with Gasteiger partial charge in [-0.05, 0) is 30.7 Å². The molecule has 3 amide bonds. The Labute approximate surface area is 95.1 Å². The third-order valence-electron chi connectivity index (χ3n) is 1.60. The molecule has 1 rings (SSSR count). The number of nitrogens with one attached hydrogen (secondary N) is 2. The smallest absolute Gasteiger partial charge is 0.330 e. The number of aryl methyl sites for hydroxylation is 1. The van der Waals surface area contributed by atoms with E-state index in [1.54, 1.807) is 12.1 Å². The molecule has 0 radical (unpaired) electrons. The zero-order chi connectivity index (χ0) is 11.4. The highest BCUT2D eigenvalue weighted by Gasteiger charge is 2.06. The number of hydrazine groups is 1. The van der Waals surface area contributed by atoms with Gasteiger partial charge in [0, 0.05) is 10.0 Å². The van der Waals surface area contributed by atoms with Gasteiger partial charge in [0.2, 0.25) is 0 Å². The largest absolute Gasteiger partial charge is 0.350 e. The summed E-state index contributed by atoms with van der Waals surface area (Å²) in [7, 11) is 0. The number of primary amides is 1. The van der Waals surface area contributed by atoms with Crippen molar-refractivity contribution in [3.63, 3.8) is 0 Å². The normalized spacial score (nSPS) is 9.47. The first-order chi connectivity index (χ1) is 6.99. The average Bonchev–Trinajstić information content (AvgIpc) is 2.12. The van der Waals surface area contributed by atoms with Crippen molar-refractivity contribution in [2.24, 2.45) is 5.73 Å². The molecular weight excluding hydrogens is 262 g/mol. The van der Waals surface area contributed by atoms with Crippen LogP contribution in [0.2, 0.25) is 0 Å². The van der Waals surface area contributed by atoms with Gasteiger partial charge in [0.25, 0.3) is 5.91 Å². The lowest BCUT2D eigenvalue weighted by atomic mass is 10.1. The van der Waals surface area contributed by atoms with Crippen LogP contribution in [-0.4, -0.2) is 11.9 Å². The van der Waals surface area contributed by atoms with Crippen LogP contribution in [0.15, 0.2) is 22.7 Å². The monoisotopic (exact) mass is 271 g/mol. The Balaban J connectivity index is 2.77. The summed E-state index contributed by atoms with van der Waals surface area (Å²) in [6.45, 7) is 1.86. The van der Waals surface area contributed by atoms with Gasteiger partial charge in [-0.3, -0.25) is 10.2 Å². The van der Waals surface area contributed by atoms with Crippen molar-refractivity contribution in [1.82, 2.24) is 10.9 Å². The summed E-state index contributed by atoms with van der Waals surface area (Å²) in [6, 6.07) is 4.40. The summed E-state index contributed by atoms with van der Waals surface area (Å²) < 4.78 is 0.798. The van der Waals surface area contributed by atoms with Crippen LogP contribution in [-0.2, 0) is 0 Å². The molecule has 0 saturated heterocycles. The van der Waals surface area contributed by atoms with Crippen LogP contribution >= 0.6 is 15.9 Å². The fraction of sp³-hybridized carbons (Fsp3) is 0.111. The van der Waals surface area contributed by atoms with Crippen molar-refractivity contribution < 1.29 is 9.59 Å². The predicted octanol–water partition coefficient (Wildman–Crippen LogP) is 1.07. The summed E-state index contributed by atoms with van der Waals surface area (Å²) in [4.78, 5) is 21.8. The molecule has 0 aromatic heterocycles. The first-order valence-electron chi connectivity index (χ1n) is 4.12. The molecule has 0 aliphatic rings. The molecule has 5 nitrogen and oxygen atoms in total. The Hall–Kier alpha value is -1.56. The minimum Gasteiger partial charge on any atom is -0.350 e. The van der Waals surface area contributed by atoms with Gasteiger partial charge in [0.1, 0.15) is 0 Å². The third-order valence-corrected chi connectivity index (χ3v) is 2.06. The Bertz CT molecular complexity index is 386. The van der Waals surface area contributed by atoms with Crippen molar-refractivity contribution in [3.05, 3.63) is 33.8 Å². The van der Waals surface area contributed by atoms with E-state index < -0.39 is 11.9 Å². The van der Waals surface area contributed by atoms with Crippen LogP contribution in [0.5, 0.6) is 0 Å². The number of hydrogen-bond acceptors (Lipinski definition) is 2. The Morgan fingerprint density at radius 1 is 1.27 bits per heavy atom. The van der Waals surface area contributed by atoms with Gasteiger partial charge in [-0.1, -0.05) is 15.9 Å². The molecule has 0 spiro atoms. The topological polar surface area (TPSA) is 84.2 Å². The van der Waals surface area contributed by atoms with Crippen LogP contribution < -0.4 is 16.6 Å². The zero-order valence-electron chi connectivity index (χ0n) is 8.00. The second kappa shape index (κ2) is 4.79. The van der Waals surface area contributed by atoms with Gasteiger partial charge in [0.15, 0.2) is 0 Å². The van der Waals surface area contributed by atoms with E-state index in [0.29, 0.717) is 5.56 Å². The van der Waals surface area contributed by atoms with E-state index in [1.165, 1.54) is 0 Å². The number of carbonyl (C=O) groups excluding carboxylic acids is 2. The maximum atomic E-state index is 11.5. The van der Waals surface area contributed by atoms with Crippen LogP contribution in [0.1, 0.15) is 15.9 Å². The number of amides is 3. The van der Waals surface area contributed by atoms with Gasteiger partial charge in [-0.15, -0.1) is 0 Å². The van der Waals surface area contributed by atoms with Crippen molar-refractivity contribution in [2.45, 2.75) is 6.92 Å². The Morgan fingerprint density at radius 3 is 2.47 bits per heavy atom. The molecule has 1 aromatic carbocycles. The minimum absolute atomic E-state index is 0.418. The zero-order valence-corrected chi connectivity index (χ0v) is 9.59. The summed E-state index contributed by atoms with van der Waals surface area (Å²) in [5.74, 6) is -0.418. The van der Waals surface area contributed by atoms with Crippen molar-refractivity contribution in [1.29, 1.82) is 0 Å². The van der Waals surface area contributed by atoms with Gasteiger partial charge in [-0.25, -0.2) is 10.2 Å². The summed E-state index contributed by atoms with van der Waals surface area (Å²) >= 11 is 3.27. The number of rotatable bonds is 1. The van der Waals surface area contributed by atoms with Crippen LogP contribution in [0.4, 0.5) is 4.79 Å². The van der Waals surface area contributed by atoms with E-state index in [1.807, 2.05) is 18.4 Å². The molecule has 0 unspecified atom stereocenters. The molecule has 1 aromatic rings. The maximum Gasteiger partial charge on any atom is 0.330 e. The first-order valence-corrected chi connectivity index (χ1v) is 4.91. The van der Waals surface area contributed by atoms with Gasteiger partial charge >= 0.3 is 6.03 Å². The highest BCUT2D eigenvalue weighted by Crippen LogP contribution is 2.14. The number of benzene rings is 1. The number of halogens is 1. The Kier molecular flexibility index (Phi) is 3.68. The van der Waals surface area contributed by atoms with E-state index in [4.69, 9.17) is 5.73 Å². The quantitative estimate of drug-likeness (QED) is 0.668. The molecule has 4 N–H and O–H groups in total. The molecule has 0 atom stereocenters. The van der Waals surface area contributed by atoms with Crippen LogP contribution in [0.25, 0.3) is 0 Å². The lowest BCUT2D eigenvalue weighted by Crippen LogP contribution is -2.44. The van der Waals surface area contributed by atoms with Gasteiger partial charge < -0.3 is 5.73 Å². The van der Waals surface area contributed by atoms with Crippen LogP contribution in [0, 0.1) is 6.92 Å². The molecule has 0 aliphatic carbocycles. The molecule has 0 saturated carbocycles. The number of hydrogen-bond donors (Lipinski definition) is 3. The second-order valence-electron chi connectivity index (χ2n) is 2.96. The van der Waals surface area contributed by atoms with E-state index >= 15 is 0 Å². The number of urea groups is 1. The van der Waals surface area contributed by atoms with E-state index in [2.05, 4.69) is 21.4 Å². The lowest BCUT2D eigenvalue weighted by Gasteiger charge is -2.05. The van der Waals surface area contributed by atoms with E-state index in [-0.39, 0.29) is 0 Å².